The highest BCUT2D eigenvalue weighted by Crippen LogP contribution is 2.25. The van der Waals surface area contributed by atoms with Gasteiger partial charge in [0.1, 0.15) is 5.82 Å². The monoisotopic (exact) mass is 244 g/mol. The minimum absolute atomic E-state index is 0.140. The molecule has 0 saturated heterocycles. The van der Waals surface area contributed by atoms with Crippen molar-refractivity contribution in [1.82, 2.24) is 4.90 Å². The van der Waals surface area contributed by atoms with Gasteiger partial charge in [-0.05, 0) is 39.1 Å². The van der Waals surface area contributed by atoms with Crippen LogP contribution in [0.3, 0.4) is 0 Å². The highest BCUT2D eigenvalue weighted by Gasteiger charge is 2.21. The smallest absolute Gasteiger partial charge is 0.128 e. The molecule has 90 valence electrons. The Morgan fingerprint density at radius 1 is 1.44 bits per heavy atom. The Bertz CT molecular complexity index is 355. The van der Waals surface area contributed by atoms with Crippen molar-refractivity contribution < 1.29 is 4.39 Å². The Morgan fingerprint density at radius 2 is 2.06 bits per heavy atom. The predicted molar refractivity (Wildman–Crippen MR) is 66.1 cm³/mol. The van der Waals surface area contributed by atoms with E-state index in [1.165, 1.54) is 6.07 Å². The van der Waals surface area contributed by atoms with Gasteiger partial charge in [-0.15, -0.1) is 0 Å². The molecule has 1 unspecified atom stereocenters. The summed E-state index contributed by atoms with van der Waals surface area (Å²) in [5.41, 5.74) is 6.27. The zero-order valence-electron chi connectivity index (χ0n) is 9.87. The number of likely N-dealkylation sites (N-methyl/N-ethyl adjacent to an activating group) is 1. The van der Waals surface area contributed by atoms with Gasteiger partial charge in [0.25, 0.3) is 0 Å². The van der Waals surface area contributed by atoms with E-state index in [4.69, 9.17) is 17.3 Å². The third-order valence-corrected chi connectivity index (χ3v) is 3.08. The third-order valence-electron chi connectivity index (χ3n) is 2.85. The average Bonchev–Trinajstić information content (AvgIpc) is 2.23. The molecule has 0 saturated carbocycles. The van der Waals surface area contributed by atoms with Crippen molar-refractivity contribution in [1.29, 1.82) is 0 Å². The van der Waals surface area contributed by atoms with Crippen LogP contribution in [0, 0.1) is 5.82 Å². The van der Waals surface area contributed by atoms with Crippen LogP contribution in [0.2, 0.25) is 5.02 Å². The van der Waals surface area contributed by atoms with Gasteiger partial charge in [-0.25, -0.2) is 4.39 Å². The predicted octanol–water partition coefficient (Wildman–Crippen LogP) is 2.82. The molecule has 16 heavy (non-hydrogen) atoms. The molecule has 1 aromatic carbocycles. The second-order valence-corrected chi connectivity index (χ2v) is 4.61. The molecule has 0 aliphatic heterocycles. The average molecular weight is 245 g/mol. The molecule has 2 N–H and O–H groups in total. The second kappa shape index (κ2) is 5.62. The first kappa shape index (κ1) is 13.4. The molecule has 4 heteroatoms. The summed E-state index contributed by atoms with van der Waals surface area (Å²) < 4.78 is 13.7. The van der Waals surface area contributed by atoms with Gasteiger partial charge >= 0.3 is 0 Å². The molecule has 1 aromatic rings. The molecule has 0 aliphatic rings. The largest absolute Gasteiger partial charge is 0.329 e. The fourth-order valence-electron chi connectivity index (χ4n) is 1.64. The van der Waals surface area contributed by atoms with E-state index in [9.17, 15) is 4.39 Å². The molecule has 1 rings (SSSR count). The zero-order valence-corrected chi connectivity index (χ0v) is 10.6. The number of nitrogens with zero attached hydrogens (tertiary/aromatic N) is 1. The van der Waals surface area contributed by atoms with Gasteiger partial charge in [-0.1, -0.05) is 11.6 Å². The number of nitrogens with two attached hydrogens (primary N) is 1. The van der Waals surface area contributed by atoms with Crippen molar-refractivity contribution in [3.8, 4) is 0 Å². The number of benzene rings is 1. The van der Waals surface area contributed by atoms with E-state index in [1.807, 2.05) is 25.8 Å². The molecule has 0 fully saturated rings. The third kappa shape index (κ3) is 2.94. The van der Waals surface area contributed by atoms with Crippen molar-refractivity contribution in [2.75, 3.05) is 13.6 Å². The van der Waals surface area contributed by atoms with Crippen LogP contribution >= 0.6 is 11.6 Å². The van der Waals surface area contributed by atoms with E-state index in [-0.39, 0.29) is 11.9 Å². The quantitative estimate of drug-likeness (QED) is 0.883. The fraction of sp³-hybridized carbons (Fsp3) is 0.500. The topological polar surface area (TPSA) is 29.3 Å². The van der Waals surface area contributed by atoms with Crippen LogP contribution in [0.25, 0.3) is 0 Å². The molecule has 0 aromatic heterocycles. The minimum Gasteiger partial charge on any atom is -0.329 e. The van der Waals surface area contributed by atoms with Gasteiger partial charge in [0.05, 0.1) is 0 Å². The van der Waals surface area contributed by atoms with Crippen LogP contribution in [-0.2, 0) is 0 Å². The second-order valence-electron chi connectivity index (χ2n) is 4.18. The summed E-state index contributed by atoms with van der Waals surface area (Å²) in [4.78, 5) is 2.04. The lowest BCUT2D eigenvalue weighted by molar-refractivity contribution is 0.197. The van der Waals surface area contributed by atoms with Crippen LogP contribution in [0.5, 0.6) is 0 Å². The van der Waals surface area contributed by atoms with E-state index >= 15 is 0 Å². The fourth-order valence-corrected chi connectivity index (χ4v) is 1.82. The maximum absolute atomic E-state index is 13.7. The Morgan fingerprint density at radius 3 is 2.56 bits per heavy atom. The van der Waals surface area contributed by atoms with Gasteiger partial charge in [0.15, 0.2) is 0 Å². The summed E-state index contributed by atoms with van der Waals surface area (Å²) in [6, 6.07) is 4.73. The van der Waals surface area contributed by atoms with Gasteiger partial charge < -0.3 is 5.73 Å². The van der Waals surface area contributed by atoms with Crippen molar-refractivity contribution in [2.45, 2.75) is 25.9 Å². The molecular weight excluding hydrogens is 227 g/mol. The van der Waals surface area contributed by atoms with E-state index in [1.54, 1.807) is 12.1 Å². The van der Waals surface area contributed by atoms with Gasteiger partial charge in [-0.2, -0.15) is 0 Å². The van der Waals surface area contributed by atoms with Gasteiger partial charge in [0, 0.05) is 29.2 Å². The Hall–Kier alpha value is -0.640. The van der Waals surface area contributed by atoms with E-state index in [0.717, 1.165) is 0 Å². The number of hydrogen-bond acceptors (Lipinski definition) is 2. The lowest BCUT2D eigenvalue weighted by Crippen LogP contribution is -2.35. The van der Waals surface area contributed by atoms with E-state index in [0.29, 0.717) is 23.2 Å². The first-order chi connectivity index (χ1) is 7.47. The maximum atomic E-state index is 13.7. The molecule has 1 atom stereocenters. The minimum atomic E-state index is -0.257. The maximum Gasteiger partial charge on any atom is 0.128 e. The number of halogens is 2. The van der Waals surface area contributed by atoms with Crippen molar-refractivity contribution in [3.63, 3.8) is 0 Å². The number of rotatable bonds is 4. The number of hydrogen-bond donors (Lipinski definition) is 1. The first-order valence-electron chi connectivity index (χ1n) is 5.34. The molecule has 2 nitrogen and oxygen atoms in total. The summed E-state index contributed by atoms with van der Waals surface area (Å²) >= 11 is 5.88. The highest BCUT2D eigenvalue weighted by molar-refractivity contribution is 6.30. The van der Waals surface area contributed by atoms with E-state index in [2.05, 4.69) is 0 Å². The molecular formula is C12H18ClFN2. The highest BCUT2D eigenvalue weighted by atomic mass is 35.5. The van der Waals surface area contributed by atoms with Crippen LogP contribution in [0.15, 0.2) is 18.2 Å². The standard InChI is InChI=1S/C12H18ClFN2/c1-8(2)16(3)12(7-15)10-6-9(13)4-5-11(10)14/h4-6,8,12H,7,15H2,1-3H3. The Labute approximate surface area is 101 Å². The molecule has 0 radical (unpaired) electrons. The van der Waals surface area contributed by atoms with Crippen molar-refractivity contribution in [2.24, 2.45) is 5.73 Å². The lowest BCUT2D eigenvalue weighted by Gasteiger charge is -2.31. The zero-order chi connectivity index (χ0) is 12.3. The van der Waals surface area contributed by atoms with Crippen molar-refractivity contribution >= 4 is 11.6 Å². The molecule has 0 aliphatic carbocycles. The van der Waals surface area contributed by atoms with Crippen LogP contribution in [0.4, 0.5) is 4.39 Å². The van der Waals surface area contributed by atoms with Gasteiger partial charge in [-0.3, -0.25) is 4.90 Å². The summed E-state index contributed by atoms with van der Waals surface area (Å²) in [5.74, 6) is -0.257. The van der Waals surface area contributed by atoms with Crippen LogP contribution in [-0.4, -0.2) is 24.5 Å². The summed E-state index contributed by atoms with van der Waals surface area (Å²) in [6.45, 7) is 4.46. The summed E-state index contributed by atoms with van der Waals surface area (Å²) in [6.07, 6.45) is 0. The SMILES string of the molecule is CC(C)N(C)C(CN)c1cc(Cl)ccc1F. The molecule has 0 amide bonds. The molecule has 0 spiro atoms. The molecule has 0 bridgehead atoms. The van der Waals surface area contributed by atoms with Gasteiger partial charge in [0.2, 0.25) is 0 Å². The summed E-state index contributed by atoms with van der Waals surface area (Å²) in [5, 5.41) is 0.534. The van der Waals surface area contributed by atoms with Crippen LogP contribution in [0.1, 0.15) is 25.5 Å². The Balaban J connectivity index is 3.07. The first-order valence-corrected chi connectivity index (χ1v) is 5.72. The lowest BCUT2D eigenvalue weighted by atomic mass is 10.0. The Kier molecular flexibility index (Phi) is 4.71. The normalized spacial score (nSPS) is 13.5. The molecule has 0 heterocycles. The van der Waals surface area contributed by atoms with Crippen LogP contribution < -0.4 is 5.73 Å². The van der Waals surface area contributed by atoms with Crippen molar-refractivity contribution in [3.05, 3.63) is 34.6 Å². The summed E-state index contributed by atoms with van der Waals surface area (Å²) in [7, 11) is 1.93. The van der Waals surface area contributed by atoms with E-state index < -0.39 is 0 Å².